The summed E-state index contributed by atoms with van der Waals surface area (Å²) in [5.41, 5.74) is -1.87. The lowest BCUT2D eigenvalue weighted by molar-refractivity contribution is -0.137. The van der Waals surface area contributed by atoms with E-state index in [1.807, 2.05) is 6.92 Å². The highest BCUT2D eigenvalue weighted by atomic mass is 31.2. The highest BCUT2D eigenvalue weighted by Crippen LogP contribution is 2.48. The zero-order chi connectivity index (χ0) is 17.6. The number of phosphoric acid groups is 1. The van der Waals surface area contributed by atoms with Crippen molar-refractivity contribution in [2.45, 2.75) is 66.1 Å². The molecule has 0 aliphatic heterocycles. The van der Waals surface area contributed by atoms with E-state index in [1.54, 1.807) is 34.6 Å². The van der Waals surface area contributed by atoms with E-state index in [0.717, 1.165) is 12.8 Å². The molecule has 22 heavy (non-hydrogen) atoms. The highest BCUT2D eigenvalue weighted by molar-refractivity contribution is 7.47. The summed E-state index contributed by atoms with van der Waals surface area (Å²) in [6, 6.07) is 0. The Hall–Kier alpha value is -0.460. The van der Waals surface area contributed by atoms with Gasteiger partial charge < -0.3 is 15.3 Å². The van der Waals surface area contributed by atoms with Crippen molar-refractivity contribution in [1.82, 2.24) is 5.32 Å². The number of carbonyl (C=O) groups is 1. The summed E-state index contributed by atoms with van der Waals surface area (Å²) in [5.74, 6) is -0.522. The molecule has 2 unspecified atom stereocenters. The Morgan fingerprint density at radius 3 is 2.27 bits per heavy atom. The lowest BCUT2D eigenvalue weighted by Crippen LogP contribution is -2.46. The number of phosphoric ester groups is 1. The summed E-state index contributed by atoms with van der Waals surface area (Å²) in [6.45, 7) is 10.2. The molecule has 0 aromatic rings. The Kier molecular flexibility index (Phi) is 8.23. The van der Waals surface area contributed by atoms with E-state index in [9.17, 15) is 19.4 Å². The molecule has 0 aromatic heterocycles. The minimum absolute atomic E-state index is 0.292. The largest absolute Gasteiger partial charge is 0.472 e. The maximum absolute atomic E-state index is 11.8. The molecule has 8 heteroatoms. The van der Waals surface area contributed by atoms with Gasteiger partial charge in [0.15, 0.2) is 0 Å². The number of aliphatic hydroxyl groups is 1. The van der Waals surface area contributed by atoms with E-state index in [0.29, 0.717) is 6.54 Å². The van der Waals surface area contributed by atoms with Crippen molar-refractivity contribution in [3.8, 4) is 0 Å². The minimum Gasteiger partial charge on any atom is -0.383 e. The third-order valence-electron chi connectivity index (χ3n) is 2.81. The van der Waals surface area contributed by atoms with Gasteiger partial charge in [0.1, 0.15) is 6.10 Å². The zero-order valence-corrected chi connectivity index (χ0v) is 15.3. The van der Waals surface area contributed by atoms with E-state index < -0.39 is 30.8 Å². The Bertz CT molecular complexity index is 405. The molecular weight excluding hydrogens is 309 g/mol. The van der Waals surface area contributed by atoms with Gasteiger partial charge >= 0.3 is 7.82 Å². The molecule has 132 valence electrons. The Balaban J connectivity index is 4.55. The predicted molar refractivity (Wildman–Crippen MR) is 84.3 cm³/mol. The summed E-state index contributed by atoms with van der Waals surface area (Å²) >= 11 is 0. The molecule has 0 aromatic carbocycles. The quantitative estimate of drug-likeness (QED) is 0.439. The van der Waals surface area contributed by atoms with Gasteiger partial charge in [-0.2, -0.15) is 0 Å². The van der Waals surface area contributed by atoms with Gasteiger partial charge in [0, 0.05) is 12.0 Å². The monoisotopic (exact) mass is 339 g/mol. The molecular formula is C14H30NO6P. The fraction of sp³-hybridized carbons (Fsp3) is 0.929. The molecule has 0 bridgehead atoms. The van der Waals surface area contributed by atoms with Gasteiger partial charge in [-0.1, -0.05) is 27.2 Å². The Morgan fingerprint density at radius 1 is 1.27 bits per heavy atom. The average molecular weight is 339 g/mol. The number of carbonyl (C=O) groups excluding carboxylic acids is 1. The number of hydrogen-bond donors (Lipinski definition) is 3. The van der Waals surface area contributed by atoms with Crippen LogP contribution in [0.3, 0.4) is 0 Å². The van der Waals surface area contributed by atoms with Crippen molar-refractivity contribution in [2.75, 3.05) is 13.2 Å². The van der Waals surface area contributed by atoms with E-state index >= 15 is 0 Å². The van der Waals surface area contributed by atoms with Crippen LogP contribution < -0.4 is 5.32 Å². The number of unbranched alkanes of at least 4 members (excludes halogenated alkanes) is 1. The van der Waals surface area contributed by atoms with Gasteiger partial charge in [-0.15, -0.1) is 0 Å². The van der Waals surface area contributed by atoms with Crippen LogP contribution in [0.4, 0.5) is 0 Å². The van der Waals surface area contributed by atoms with Gasteiger partial charge in [-0.3, -0.25) is 13.8 Å². The van der Waals surface area contributed by atoms with Crippen LogP contribution in [0.15, 0.2) is 0 Å². The first-order valence-corrected chi connectivity index (χ1v) is 8.94. The molecule has 7 nitrogen and oxygen atoms in total. The van der Waals surface area contributed by atoms with Crippen molar-refractivity contribution >= 4 is 13.7 Å². The minimum atomic E-state index is -4.25. The topological polar surface area (TPSA) is 105 Å². The molecule has 3 N–H and O–H groups in total. The molecule has 1 amide bonds. The van der Waals surface area contributed by atoms with Gasteiger partial charge in [-0.05, 0) is 27.2 Å². The van der Waals surface area contributed by atoms with Crippen molar-refractivity contribution < 1.29 is 28.4 Å². The first kappa shape index (κ1) is 21.5. The van der Waals surface area contributed by atoms with Crippen LogP contribution in [0.5, 0.6) is 0 Å². The van der Waals surface area contributed by atoms with Crippen LogP contribution in [0.1, 0.15) is 54.4 Å². The molecule has 2 atom stereocenters. The van der Waals surface area contributed by atoms with Crippen LogP contribution in [0.25, 0.3) is 0 Å². The van der Waals surface area contributed by atoms with Crippen molar-refractivity contribution in [2.24, 2.45) is 5.41 Å². The smallest absolute Gasteiger partial charge is 0.383 e. The molecule has 0 saturated carbocycles. The van der Waals surface area contributed by atoms with E-state index in [1.165, 1.54) is 0 Å². The highest BCUT2D eigenvalue weighted by Gasteiger charge is 2.37. The molecule has 0 radical (unpaired) electrons. The van der Waals surface area contributed by atoms with Crippen LogP contribution in [-0.2, 0) is 18.4 Å². The summed E-state index contributed by atoms with van der Waals surface area (Å²) in [7, 11) is -4.25. The summed E-state index contributed by atoms with van der Waals surface area (Å²) in [4.78, 5) is 21.5. The Morgan fingerprint density at radius 2 is 1.82 bits per heavy atom. The van der Waals surface area contributed by atoms with Crippen molar-refractivity contribution in [1.29, 1.82) is 0 Å². The zero-order valence-electron chi connectivity index (χ0n) is 14.4. The predicted octanol–water partition coefficient (Wildman–Crippen LogP) is 2.22. The third kappa shape index (κ3) is 8.86. The SMILES string of the molecule is CCCCNC(=O)C(O)C(C)(C)COP(=O)(O)OC(C)(C)C. The molecule has 0 aliphatic rings. The molecule has 0 fully saturated rings. The van der Waals surface area contributed by atoms with Crippen LogP contribution >= 0.6 is 7.82 Å². The normalized spacial score (nSPS) is 16.9. The molecule has 0 heterocycles. The molecule has 0 spiro atoms. The summed E-state index contributed by atoms with van der Waals surface area (Å²) in [6.07, 6.45) is 0.403. The van der Waals surface area contributed by atoms with E-state index in [2.05, 4.69) is 5.32 Å². The fourth-order valence-electron chi connectivity index (χ4n) is 1.54. The molecule has 0 saturated heterocycles. The molecule has 0 aliphatic carbocycles. The lowest BCUT2D eigenvalue weighted by atomic mass is 9.87. The average Bonchev–Trinajstić information content (AvgIpc) is 2.33. The van der Waals surface area contributed by atoms with Crippen LogP contribution in [0.2, 0.25) is 0 Å². The summed E-state index contributed by atoms with van der Waals surface area (Å²) < 4.78 is 21.7. The number of aliphatic hydroxyl groups excluding tert-OH is 1. The van der Waals surface area contributed by atoms with Crippen LogP contribution in [0, 0.1) is 5.41 Å². The summed E-state index contributed by atoms with van der Waals surface area (Å²) in [5, 5.41) is 12.7. The van der Waals surface area contributed by atoms with E-state index in [4.69, 9.17) is 9.05 Å². The standard InChI is InChI=1S/C14H30NO6P/c1-7-8-9-15-12(17)11(16)14(5,6)10-20-22(18,19)21-13(2,3)4/h11,16H,7-10H2,1-6H3,(H,15,17)(H,18,19). The maximum Gasteiger partial charge on any atom is 0.472 e. The van der Waals surface area contributed by atoms with Gasteiger partial charge in [-0.25, -0.2) is 4.57 Å². The van der Waals surface area contributed by atoms with Gasteiger partial charge in [0.05, 0.1) is 12.2 Å². The number of amides is 1. The second kappa shape index (κ2) is 8.41. The Labute approximate surface area is 133 Å². The van der Waals surface area contributed by atoms with Gasteiger partial charge in [0.2, 0.25) is 5.91 Å². The lowest BCUT2D eigenvalue weighted by Gasteiger charge is -2.31. The first-order valence-electron chi connectivity index (χ1n) is 7.44. The number of rotatable bonds is 9. The molecule has 0 rings (SSSR count). The second-order valence-corrected chi connectivity index (χ2v) is 8.36. The van der Waals surface area contributed by atoms with Crippen molar-refractivity contribution in [3.63, 3.8) is 0 Å². The van der Waals surface area contributed by atoms with Crippen LogP contribution in [-0.4, -0.2) is 40.8 Å². The fourth-order valence-corrected chi connectivity index (χ4v) is 2.78. The second-order valence-electron chi connectivity index (χ2n) is 6.98. The van der Waals surface area contributed by atoms with Gasteiger partial charge in [0.25, 0.3) is 0 Å². The first-order chi connectivity index (χ1) is 9.81. The van der Waals surface area contributed by atoms with E-state index in [-0.39, 0.29) is 6.61 Å². The maximum atomic E-state index is 11.8. The number of hydrogen-bond acceptors (Lipinski definition) is 5. The van der Waals surface area contributed by atoms with Crippen molar-refractivity contribution in [3.05, 3.63) is 0 Å². The third-order valence-corrected chi connectivity index (χ3v) is 4.04. The number of nitrogens with one attached hydrogen (secondary N) is 1.